The monoisotopic (exact) mass is 320 g/mol. The zero-order chi connectivity index (χ0) is 17.0. The Bertz CT molecular complexity index is 312. The molecule has 0 aromatic heterocycles. The van der Waals surface area contributed by atoms with E-state index in [2.05, 4.69) is 0 Å². The van der Waals surface area contributed by atoms with E-state index >= 15 is 0 Å². The highest BCUT2D eigenvalue weighted by atomic mass is 16.7. The Kier molecular flexibility index (Phi) is 11.0. The molecular weight excluding hydrogens is 292 g/mol. The maximum absolute atomic E-state index is 12.0. The van der Waals surface area contributed by atoms with Crippen molar-refractivity contribution in [2.75, 3.05) is 34.4 Å². The average molecular weight is 320 g/mol. The van der Waals surface area contributed by atoms with Gasteiger partial charge in [-0.1, -0.05) is 0 Å². The van der Waals surface area contributed by atoms with Crippen LogP contribution in [0.1, 0.15) is 33.6 Å². The van der Waals surface area contributed by atoms with Crippen molar-refractivity contribution in [3.05, 3.63) is 0 Å². The van der Waals surface area contributed by atoms with Gasteiger partial charge in [0, 0.05) is 26.7 Å². The van der Waals surface area contributed by atoms with Gasteiger partial charge in [0.15, 0.2) is 0 Å². The molecule has 7 heteroatoms. The molecule has 0 radical (unpaired) electrons. The minimum atomic E-state index is -0.751. The van der Waals surface area contributed by atoms with Crippen LogP contribution in [0.4, 0.5) is 0 Å². The van der Waals surface area contributed by atoms with Crippen LogP contribution in [0.3, 0.4) is 0 Å². The standard InChI is InChI=1S/C15H28O7/c1-15(2,3)22-14(17)8-12(6-7-20-10-18-4)13(9-16)21-11-19-5/h9,12-13H,6-8,10-11H2,1-5H3/t12-,13-/m1/s1. The van der Waals surface area contributed by atoms with Crippen molar-refractivity contribution < 1.29 is 33.3 Å². The second-order valence-electron chi connectivity index (χ2n) is 5.83. The quantitative estimate of drug-likeness (QED) is 0.233. The molecule has 2 atom stereocenters. The van der Waals surface area contributed by atoms with Gasteiger partial charge in [-0.05, 0) is 27.2 Å². The van der Waals surface area contributed by atoms with E-state index in [0.29, 0.717) is 19.3 Å². The van der Waals surface area contributed by atoms with Crippen LogP contribution in [0.2, 0.25) is 0 Å². The number of hydrogen-bond acceptors (Lipinski definition) is 7. The van der Waals surface area contributed by atoms with Gasteiger partial charge >= 0.3 is 5.97 Å². The van der Waals surface area contributed by atoms with E-state index in [4.69, 9.17) is 23.7 Å². The minimum absolute atomic E-state index is 0.0207. The van der Waals surface area contributed by atoms with Gasteiger partial charge in [0.2, 0.25) is 0 Å². The van der Waals surface area contributed by atoms with E-state index in [-0.39, 0.29) is 31.9 Å². The van der Waals surface area contributed by atoms with Crippen molar-refractivity contribution in [2.24, 2.45) is 5.92 Å². The molecule has 7 nitrogen and oxygen atoms in total. The van der Waals surface area contributed by atoms with Crippen molar-refractivity contribution >= 4 is 12.3 Å². The van der Waals surface area contributed by atoms with Crippen LogP contribution < -0.4 is 0 Å². The van der Waals surface area contributed by atoms with Crippen LogP contribution >= 0.6 is 0 Å². The Hall–Kier alpha value is -1.02. The zero-order valence-electron chi connectivity index (χ0n) is 14.1. The topological polar surface area (TPSA) is 80.3 Å². The minimum Gasteiger partial charge on any atom is -0.460 e. The molecule has 0 aliphatic rings. The predicted octanol–water partition coefficient (Wildman–Crippen LogP) is 1.53. The predicted molar refractivity (Wildman–Crippen MR) is 79.2 cm³/mol. The van der Waals surface area contributed by atoms with Crippen LogP contribution in [0.15, 0.2) is 0 Å². The van der Waals surface area contributed by atoms with Crippen molar-refractivity contribution in [2.45, 2.75) is 45.3 Å². The van der Waals surface area contributed by atoms with E-state index < -0.39 is 11.7 Å². The van der Waals surface area contributed by atoms with E-state index in [1.165, 1.54) is 14.2 Å². The molecule has 0 rings (SSSR count). The van der Waals surface area contributed by atoms with Gasteiger partial charge in [0.25, 0.3) is 0 Å². The fourth-order valence-corrected chi connectivity index (χ4v) is 1.79. The molecule has 0 heterocycles. The van der Waals surface area contributed by atoms with Crippen molar-refractivity contribution in [3.63, 3.8) is 0 Å². The molecule has 0 aliphatic carbocycles. The third-order valence-corrected chi connectivity index (χ3v) is 2.66. The number of ether oxygens (including phenoxy) is 5. The van der Waals surface area contributed by atoms with Crippen molar-refractivity contribution in [3.8, 4) is 0 Å². The van der Waals surface area contributed by atoms with Gasteiger partial charge < -0.3 is 28.5 Å². The van der Waals surface area contributed by atoms with Gasteiger partial charge in [-0.3, -0.25) is 4.79 Å². The first-order valence-corrected chi connectivity index (χ1v) is 7.18. The summed E-state index contributed by atoms with van der Waals surface area (Å²) in [5.74, 6) is -0.725. The number of carbonyl (C=O) groups is 2. The lowest BCUT2D eigenvalue weighted by atomic mass is 9.95. The molecule has 0 saturated heterocycles. The van der Waals surface area contributed by atoms with Gasteiger partial charge in [0.05, 0.1) is 6.42 Å². The summed E-state index contributed by atoms with van der Waals surface area (Å²) in [4.78, 5) is 23.2. The van der Waals surface area contributed by atoms with Gasteiger partial charge in [0.1, 0.15) is 31.6 Å². The lowest BCUT2D eigenvalue weighted by molar-refractivity contribution is -0.160. The zero-order valence-corrected chi connectivity index (χ0v) is 14.1. The molecule has 0 amide bonds. The molecule has 0 spiro atoms. The summed E-state index contributed by atoms with van der Waals surface area (Å²) in [5.41, 5.74) is -0.571. The first-order chi connectivity index (χ1) is 10.3. The highest BCUT2D eigenvalue weighted by Crippen LogP contribution is 2.19. The van der Waals surface area contributed by atoms with E-state index in [1.807, 2.05) is 0 Å². The number of aldehydes is 1. The number of carbonyl (C=O) groups excluding carboxylic acids is 2. The molecular formula is C15H28O7. The highest BCUT2D eigenvalue weighted by molar-refractivity contribution is 5.71. The lowest BCUT2D eigenvalue weighted by Crippen LogP contribution is -2.32. The molecule has 0 bridgehead atoms. The number of hydrogen-bond donors (Lipinski definition) is 0. The summed E-state index contributed by atoms with van der Waals surface area (Å²) >= 11 is 0. The molecule has 22 heavy (non-hydrogen) atoms. The van der Waals surface area contributed by atoms with Crippen molar-refractivity contribution in [1.29, 1.82) is 0 Å². The van der Waals surface area contributed by atoms with Crippen LogP contribution in [-0.4, -0.2) is 58.4 Å². The van der Waals surface area contributed by atoms with Crippen molar-refractivity contribution in [1.82, 2.24) is 0 Å². The summed E-state index contributed by atoms with van der Waals surface area (Å²) in [5, 5.41) is 0. The highest BCUT2D eigenvalue weighted by Gasteiger charge is 2.27. The van der Waals surface area contributed by atoms with E-state index in [0.717, 1.165) is 0 Å². The molecule has 0 aromatic rings. The van der Waals surface area contributed by atoms with Gasteiger partial charge in [-0.15, -0.1) is 0 Å². The lowest BCUT2D eigenvalue weighted by Gasteiger charge is -2.25. The molecule has 0 N–H and O–H groups in total. The van der Waals surface area contributed by atoms with Crippen LogP contribution in [-0.2, 0) is 33.3 Å². The fraction of sp³-hybridized carbons (Fsp3) is 0.867. The van der Waals surface area contributed by atoms with Crippen LogP contribution in [0, 0.1) is 5.92 Å². The van der Waals surface area contributed by atoms with Gasteiger partial charge in [-0.2, -0.15) is 0 Å². The molecule has 0 aromatic carbocycles. The smallest absolute Gasteiger partial charge is 0.306 e. The fourth-order valence-electron chi connectivity index (χ4n) is 1.79. The largest absolute Gasteiger partial charge is 0.460 e. The maximum Gasteiger partial charge on any atom is 0.306 e. The number of rotatable bonds is 12. The molecule has 0 saturated carbocycles. The van der Waals surface area contributed by atoms with E-state index in [9.17, 15) is 9.59 Å². The first kappa shape index (κ1) is 21.0. The normalized spacial score (nSPS) is 14.4. The Morgan fingerprint density at radius 1 is 1.14 bits per heavy atom. The molecule has 0 aliphatic heterocycles. The number of methoxy groups -OCH3 is 2. The Balaban J connectivity index is 4.60. The SMILES string of the molecule is COCOCC[C@H](CC(=O)OC(C)(C)C)[C@@H](C=O)OCOC. The third-order valence-electron chi connectivity index (χ3n) is 2.66. The number of esters is 1. The molecule has 130 valence electrons. The Morgan fingerprint density at radius 2 is 1.77 bits per heavy atom. The molecule has 0 unspecified atom stereocenters. The van der Waals surface area contributed by atoms with E-state index in [1.54, 1.807) is 20.8 Å². The summed E-state index contributed by atoms with van der Waals surface area (Å²) in [7, 11) is 2.99. The summed E-state index contributed by atoms with van der Waals surface area (Å²) in [6.45, 7) is 5.86. The Labute approximate surface area is 132 Å². The maximum atomic E-state index is 12.0. The first-order valence-electron chi connectivity index (χ1n) is 7.18. The third kappa shape index (κ3) is 10.7. The summed E-state index contributed by atoms with van der Waals surface area (Å²) in [6.07, 6.45) is 0.458. The average Bonchev–Trinajstić information content (AvgIpc) is 2.41. The second kappa shape index (κ2) is 11.5. The van der Waals surface area contributed by atoms with Gasteiger partial charge in [-0.25, -0.2) is 0 Å². The van der Waals surface area contributed by atoms with Crippen LogP contribution in [0.5, 0.6) is 0 Å². The summed E-state index contributed by atoms with van der Waals surface area (Å²) in [6, 6.07) is 0. The molecule has 0 fully saturated rings. The summed E-state index contributed by atoms with van der Waals surface area (Å²) < 4.78 is 25.4. The Morgan fingerprint density at radius 3 is 2.27 bits per heavy atom. The van der Waals surface area contributed by atoms with Crippen LogP contribution in [0.25, 0.3) is 0 Å². The second-order valence-corrected chi connectivity index (χ2v) is 5.83.